The highest BCUT2D eigenvalue weighted by atomic mass is 35.5. The van der Waals surface area contributed by atoms with E-state index in [1.54, 1.807) is 54.6 Å². The molecule has 1 aliphatic heterocycles. The first-order valence-corrected chi connectivity index (χ1v) is 14.5. The topological polar surface area (TPSA) is 92.8 Å². The molecule has 4 rings (SSSR count). The Labute approximate surface area is 230 Å². The number of piperidine rings is 1. The van der Waals surface area contributed by atoms with Crippen LogP contribution in [-0.4, -0.2) is 39.5 Å². The number of carbonyl (C=O) groups excluding carboxylic acids is 2. The van der Waals surface area contributed by atoms with Gasteiger partial charge in [0, 0.05) is 35.9 Å². The van der Waals surface area contributed by atoms with Crippen molar-refractivity contribution in [2.45, 2.75) is 32.3 Å². The first kappa shape index (κ1) is 28.5. The highest BCUT2D eigenvalue weighted by molar-refractivity contribution is 7.92. The third-order valence-electron chi connectivity index (χ3n) is 6.34. The monoisotopic (exact) mass is 576 g/mol. The molecule has 11 heteroatoms. The van der Waals surface area contributed by atoms with Gasteiger partial charge in [0.1, 0.15) is 11.5 Å². The van der Waals surface area contributed by atoms with Gasteiger partial charge in [0.25, 0.3) is 0 Å². The van der Waals surface area contributed by atoms with Crippen molar-refractivity contribution < 1.29 is 31.5 Å². The Hall–Kier alpha value is -3.50. The lowest BCUT2D eigenvalue weighted by Gasteiger charge is -2.33. The molecule has 39 heavy (non-hydrogen) atoms. The molecule has 1 amide bonds. The second kappa shape index (κ2) is 12.1. The van der Waals surface area contributed by atoms with Gasteiger partial charge in [-0.05, 0) is 54.3 Å². The fourth-order valence-corrected chi connectivity index (χ4v) is 5.38. The Kier molecular flexibility index (Phi) is 8.87. The molecule has 1 heterocycles. The number of carbonyl (C=O) groups is 2. The van der Waals surface area contributed by atoms with E-state index in [0.29, 0.717) is 29.0 Å². The predicted octanol–water partition coefficient (Wildman–Crippen LogP) is 5.92. The van der Waals surface area contributed by atoms with Crippen LogP contribution in [0.1, 0.15) is 24.8 Å². The molecule has 3 aromatic rings. The summed E-state index contributed by atoms with van der Waals surface area (Å²) >= 11 is 5.90. The van der Waals surface area contributed by atoms with Crippen LogP contribution in [0.15, 0.2) is 66.7 Å². The summed E-state index contributed by atoms with van der Waals surface area (Å²) in [6.07, 6.45) is 2.30. The summed E-state index contributed by atoms with van der Waals surface area (Å²) in [7, 11) is -3.60. The van der Waals surface area contributed by atoms with Gasteiger partial charge in [-0.25, -0.2) is 8.42 Å². The largest absolute Gasteiger partial charge is 0.433 e. The van der Waals surface area contributed by atoms with Crippen molar-refractivity contribution in [3.8, 4) is 16.9 Å². The number of Topliss-reactive ketones (excluding diaryl/α,β-unsaturated/α-hetero) is 1. The number of sulfonamides is 1. The van der Waals surface area contributed by atoms with Crippen molar-refractivity contribution in [3.63, 3.8) is 0 Å². The van der Waals surface area contributed by atoms with Crippen molar-refractivity contribution in [1.29, 1.82) is 0 Å². The summed E-state index contributed by atoms with van der Waals surface area (Å²) in [6.45, 7) is -2.87. The Morgan fingerprint density at radius 3 is 2.54 bits per heavy atom. The van der Waals surface area contributed by atoms with Gasteiger partial charge < -0.3 is 9.64 Å². The molecule has 0 saturated carbocycles. The first-order valence-electron chi connectivity index (χ1n) is 12.2. The zero-order chi connectivity index (χ0) is 28.2. The third kappa shape index (κ3) is 7.54. The number of ketones is 1. The van der Waals surface area contributed by atoms with Crippen LogP contribution in [0.25, 0.3) is 11.1 Å². The molecule has 0 spiro atoms. The fraction of sp³-hybridized carbons (Fsp3) is 0.286. The Bertz CT molecular complexity index is 1470. The molecule has 1 atom stereocenters. The maximum Gasteiger partial charge on any atom is 0.387 e. The summed E-state index contributed by atoms with van der Waals surface area (Å²) < 4.78 is 57.7. The molecule has 0 unspecified atom stereocenters. The predicted molar refractivity (Wildman–Crippen MR) is 147 cm³/mol. The lowest BCUT2D eigenvalue weighted by molar-refractivity contribution is -0.128. The molecule has 0 radical (unpaired) electrons. The van der Waals surface area contributed by atoms with Crippen LogP contribution in [0.4, 0.5) is 20.2 Å². The molecule has 0 bridgehead atoms. The normalized spacial score (nSPS) is 15.9. The van der Waals surface area contributed by atoms with Crippen LogP contribution in [0.5, 0.6) is 5.75 Å². The average Bonchev–Trinajstić information content (AvgIpc) is 2.86. The molecule has 206 valence electrons. The van der Waals surface area contributed by atoms with Gasteiger partial charge in [-0.1, -0.05) is 48.0 Å². The number of alkyl halides is 2. The number of ether oxygens (including phenoxy) is 1. The van der Waals surface area contributed by atoms with E-state index in [0.717, 1.165) is 11.8 Å². The molecule has 1 fully saturated rings. The van der Waals surface area contributed by atoms with Crippen LogP contribution in [-0.2, 0) is 26.0 Å². The van der Waals surface area contributed by atoms with Crippen molar-refractivity contribution in [3.05, 3.63) is 77.3 Å². The van der Waals surface area contributed by atoms with Gasteiger partial charge in [0.15, 0.2) is 0 Å². The van der Waals surface area contributed by atoms with E-state index < -0.39 is 22.6 Å². The SMILES string of the molecule is CS(=O)(=O)Nc1ccccc1-c1ccc(N2CCC[C@@H](CC(=O)Cc3ccc(Cl)cc3)C2=O)c(OC(F)F)c1. The minimum atomic E-state index is -3.60. The number of rotatable bonds is 10. The second-order valence-corrected chi connectivity index (χ2v) is 11.5. The van der Waals surface area contributed by atoms with Crippen molar-refractivity contribution in [1.82, 2.24) is 0 Å². The number of anilines is 2. The number of hydrogen-bond donors (Lipinski definition) is 1. The number of nitrogens with one attached hydrogen (secondary N) is 1. The Balaban J connectivity index is 1.59. The van der Waals surface area contributed by atoms with Gasteiger partial charge >= 0.3 is 6.61 Å². The number of amides is 1. The van der Waals surface area contributed by atoms with Crippen LogP contribution in [0, 0.1) is 5.92 Å². The summed E-state index contributed by atoms with van der Waals surface area (Å²) in [5.74, 6) is -1.25. The number of benzene rings is 3. The highest BCUT2D eigenvalue weighted by Gasteiger charge is 2.33. The van der Waals surface area contributed by atoms with Crippen LogP contribution >= 0.6 is 11.6 Å². The van der Waals surface area contributed by atoms with Gasteiger partial charge in [0.05, 0.1) is 17.6 Å². The van der Waals surface area contributed by atoms with E-state index in [1.807, 2.05) is 0 Å². The van der Waals surface area contributed by atoms with E-state index in [2.05, 4.69) is 4.72 Å². The summed E-state index contributed by atoms with van der Waals surface area (Å²) in [5.41, 5.74) is 2.08. The molecular formula is C28H27ClF2N2O5S. The van der Waals surface area contributed by atoms with Crippen LogP contribution in [0.3, 0.4) is 0 Å². The van der Waals surface area contributed by atoms with Crippen molar-refractivity contribution in [2.24, 2.45) is 5.92 Å². The smallest absolute Gasteiger partial charge is 0.387 e. The van der Waals surface area contributed by atoms with E-state index >= 15 is 0 Å². The number of para-hydroxylation sites is 1. The molecule has 1 N–H and O–H groups in total. The molecular weight excluding hydrogens is 550 g/mol. The van der Waals surface area contributed by atoms with Gasteiger partial charge in [0.2, 0.25) is 15.9 Å². The fourth-order valence-electron chi connectivity index (χ4n) is 4.67. The first-order chi connectivity index (χ1) is 18.5. The molecule has 7 nitrogen and oxygen atoms in total. The summed E-state index contributed by atoms with van der Waals surface area (Å²) in [4.78, 5) is 27.5. The number of nitrogens with zero attached hydrogens (tertiary/aromatic N) is 1. The maximum atomic E-state index is 13.4. The molecule has 0 aromatic heterocycles. The second-order valence-electron chi connectivity index (χ2n) is 9.36. The number of hydrogen-bond acceptors (Lipinski definition) is 5. The van der Waals surface area contributed by atoms with E-state index in [9.17, 15) is 26.8 Å². The summed E-state index contributed by atoms with van der Waals surface area (Å²) in [5, 5.41) is 0.562. The summed E-state index contributed by atoms with van der Waals surface area (Å²) in [6, 6.07) is 17.9. The van der Waals surface area contributed by atoms with Crippen LogP contribution in [0.2, 0.25) is 5.02 Å². The minimum absolute atomic E-state index is 0.0334. The van der Waals surface area contributed by atoms with E-state index in [4.69, 9.17) is 16.3 Å². The molecule has 3 aromatic carbocycles. The maximum absolute atomic E-state index is 13.4. The van der Waals surface area contributed by atoms with E-state index in [1.165, 1.54) is 17.0 Å². The Morgan fingerprint density at radius 2 is 1.85 bits per heavy atom. The lowest BCUT2D eigenvalue weighted by Crippen LogP contribution is -2.42. The van der Waals surface area contributed by atoms with Crippen molar-refractivity contribution in [2.75, 3.05) is 22.4 Å². The van der Waals surface area contributed by atoms with Gasteiger partial charge in [-0.15, -0.1) is 0 Å². The zero-order valence-electron chi connectivity index (χ0n) is 21.1. The van der Waals surface area contributed by atoms with Gasteiger partial charge in [-0.3, -0.25) is 14.3 Å². The molecule has 0 aliphatic carbocycles. The number of halogens is 3. The van der Waals surface area contributed by atoms with Gasteiger partial charge in [-0.2, -0.15) is 8.78 Å². The van der Waals surface area contributed by atoms with Crippen LogP contribution < -0.4 is 14.4 Å². The molecule has 1 aliphatic rings. The third-order valence-corrected chi connectivity index (χ3v) is 7.18. The molecule has 1 saturated heterocycles. The van der Waals surface area contributed by atoms with E-state index in [-0.39, 0.29) is 48.2 Å². The quantitative estimate of drug-likeness (QED) is 0.323. The standard InChI is InChI=1S/C28H27ClF2N2O5S/c1-39(36,37)32-24-7-3-2-6-23(24)19-10-13-25(26(17-19)38-28(30)31)33-14-4-5-20(27(33)35)16-22(34)15-18-8-11-21(29)12-9-18/h2-3,6-13,17,20,28,32H,4-5,14-16H2,1H3/t20-/m0/s1. The lowest BCUT2D eigenvalue weighted by atomic mass is 9.90. The average molecular weight is 577 g/mol. The minimum Gasteiger partial charge on any atom is -0.433 e. The van der Waals surface area contributed by atoms with Crippen molar-refractivity contribution >= 4 is 44.7 Å². The Morgan fingerprint density at radius 1 is 1.13 bits per heavy atom. The zero-order valence-corrected chi connectivity index (χ0v) is 22.6. The highest BCUT2D eigenvalue weighted by Crippen LogP contribution is 2.39.